The van der Waals surface area contributed by atoms with Crippen LogP contribution in [-0.4, -0.2) is 12.2 Å². The zero-order chi connectivity index (χ0) is 10.7. The van der Waals surface area contributed by atoms with Crippen molar-refractivity contribution in [3.8, 4) is 0 Å². The summed E-state index contributed by atoms with van der Waals surface area (Å²) in [5.41, 5.74) is 0. The molecule has 2 fully saturated rings. The molecule has 1 heteroatoms. The van der Waals surface area contributed by atoms with Crippen molar-refractivity contribution < 1.29 is 4.74 Å². The van der Waals surface area contributed by atoms with Crippen LogP contribution in [0.3, 0.4) is 0 Å². The average molecular weight is 210 g/mol. The summed E-state index contributed by atoms with van der Waals surface area (Å²) in [5.74, 6) is 1.88. The highest BCUT2D eigenvalue weighted by Gasteiger charge is 2.24. The van der Waals surface area contributed by atoms with Gasteiger partial charge in [-0.05, 0) is 63.2 Å². The smallest absolute Gasteiger partial charge is 0.0579 e. The second-order valence-corrected chi connectivity index (χ2v) is 5.90. The van der Waals surface area contributed by atoms with Crippen molar-refractivity contribution in [3.05, 3.63) is 0 Å². The molecule has 0 aromatic heterocycles. The van der Waals surface area contributed by atoms with Crippen molar-refractivity contribution in [1.29, 1.82) is 0 Å². The normalized spacial score (nSPS) is 42.8. The van der Waals surface area contributed by atoms with Crippen LogP contribution in [0.2, 0.25) is 0 Å². The Balaban J connectivity index is 1.68. The average Bonchev–Trinajstić information content (AvgIpc) is 2.25. The molecule has 2 aliphatic rings. The molecule has 2 aliphatic carbocycles. The maximum absolute atomic E-state index is 6.23. The summed E-state index contributed by atoms with van der Waals surface area (Å²) in [4.78, 5) is 0. The molecule has 0 unspecified atom stereocenters. The third-order valence-corrected chi connectivity index (χ3v) is 4.31. The van der Waals surface area contributed by atoms with Gasteiger partial charge in [-0.1, -0.05) is 13.8 Å². The molecular formula is C14H26O. The SMILES string of the molecule is C[C@H]1CC[C@@H](O[C@H]2CC[C@@H](C)CC2)CC1. The second kappa shape index (κ2) is 5.34. The van der Waals surface area contributed by atoms with E-state index in [1.165, 1.54) is 51.4 Å². The van der Waals surface area contributed by atoms with Gasteiger partial charge < -0.3 is 4.74 Å². The molecule has 0 spiro atoms. The fraction of sp³-hybridized carbons (Fsp3) is 1.00. The van der Waals surface area contributed by atoms with Gasteiger partial charge in [-0.15, -0.1) is 0 Å². The van der Waals surface area contributed by atoms with Crippen LogP contribution in [-0.2, 0) is 4.74 Å². The molecule has 0 heterocycles. The Kier molecular flexibility index (Phi) is 4.07. The van der Waals surface area contributed by atoms with Gasteiger partial charge in [0.1, 0.15) is 0 Å². The van der Waals surface area contributed by atoms with Crippen LogP contribution < -0.4 is 0 Å². The summed E-state index contributed by atoms with van der Waals surface area (Å²) in [6, 6.07) is 0. The van der Waals surface area contributed by atoms with Crippen LogP contribution >= 0.6 is 0 Å². The zero-order valence-corrected chi connectivity index (χ0v) is 10.4. The van der Waals surface area contributed by atoms with Crippen molar-refractivity contribution in [2.45, 2.75) is 77.4 Å². The lowest BCUT2D eigenvalue weighted by molar-refractivity contribution is -0.0545. The molecule has 0 aromatic carbocycles. The summed E-state index contributed by atoms with van der Waals surface area (Å²) < 4.78 is 6.23. The molecule has 0 aliphatic heterocycles. The highest BCUT2D eigenvalue weighted by atomic mass is 16.5. The fourth-order valence-electron chi connectivity index (χ4n) is 3.00. The Morgan fingerprint density at radius 1 is 0.600 bits per heavy atom. The quantitative estimate of drug-likeness (QED) is 0.665. The largest absolute Gasteiger partial charge is 0.375 e. The van der Waals surface area contributed by atoms with Crippen LogP contribution in [0.1, 0.15) is 65.2 Å². The van der Waals surface area contributed by atoms with E-state index in [-0.39, 0.29) is 0 Å². The highest BCUT2D eigenvalue weighted by Crippen LogP contribution is 2.31. The van der Waals surface area contributed by atoms with E-state index in [1.54, 1.807) is 0 Å². The number of ether oxygens (including phenoxy) is 1. The first-order chi connectivity index (χ1) is 7.24. The van der Waals surface area contributed by atoms with E-state index in [1.807, 2.05) is 0 Å². The Morgan fingerprint density at radius 2 is 0.933 bits per heavy atom. The Bertz CT molecular complexity index is 154. The molecule has 2 rings (SSSR count). The Hall–Kier alpha value is -0.0400. The van der Waals surface area contributed by atoms with Gasteiger partial charge in [0.05, 0.1) is 12.2 Å². The summed E-state index contributed by atoms with van der Waals surface area (Å²) >= 11 is 0. The maximum Gasteiger partial charge on any atom is 0.0579 e. The van der Waals surface area contributed by atoms with Crippen LogP contribution in [0.5, 0.6) is 0 Å². The van der Waals surface area contributed by atoms with Gasteiger partial charge in [0.2, 0.25) is 0 Å². The van der Waals surface area contributed by atoms with Gasteiger partial charge in [-0.2, -0.15) is 0 Å². The lowest BCUT2D eigenvalue weighted by Crippen LogP contribution is -2.28. The first kappa shape index (κ1) is 11.4. The summed E-state index contributed by atoms with van der Waals surface area (Å²) in [6.45, 7) is 4.75. The molecule has 0 radical (unpaired) electrons. The van der Waals surface area contributed by atoms with Gasteiger partial charge in [-0.25, -0.2) is 0 Å². The monoisotopic (exact) mass is 210 g/mol. The molecule has 15 heavy (non-hydrogen) atoms. The number of rotatable bonds is 2. The minimum atomic E-state index is 0.597. The third kappa shape index (κ3) is 3.48. The molecule has 0 atom stereocenters. The lowest BCUT2D eigenvalue weighted by Gasteiger charge is -2.33. The van der Waals surface area contributed by atoms with Gasteiger partial charge in [0, 0.05) is 0 Å². The van der Waals surface area contributed by atoms with Gasteiger partial charge >= 0.3 is 0 Å². The predicted molar refractivity (Wildman–Crippen MR) is 63.9 cm³/mol. The standard InChI is InChI=1S/C14H26O/c1-11-3-7-13(8-4-11)15-14-9-5-12(2)6-10-14/h11-14H,3-10H2,1-2H3/t11-,12-,13+,14+. The highest BCUT2D eigenvalue weighted by molar-refractivity contribution is 4.75. The van der Waals surface area contributed by atoms with Crippen LogP contribution in [0, 0.1) is 11.8 Å². The van der Waals surface area contributed by atoms with E-state index in [0.717, 1.165) is 11.8 Å². The molecule has 88 valence electrons. The van der Waals surface area contributed by atoms with Crippen LogP contribution in [0.25, 0.3) is 0 Å². The molecule has 1 nitrogen and oxygen atoms in total. The van der Waals surface area contributed by atoms with Gasteiger partial charge in [0.15, 0.2) is 0 Å². The fourth-order valence-corrected chi connectivity index (χ4v) is 3.00. The summed E-state index contributed by atoms with van der Waals surface area (Å²) in [7, 11) is 0. The van der Waals surface area contributed by atoms with Crippen molar-refractivity contribution in [1.82, 2.24) is 0 Å². The van der Waals surface area contributed by atoms with Gasteiger partial charge in [-0.3, -0.25) is 0 Å². The van der Waals surface area contributed by atoms with Crippen molar-refractivity contribution in [2.24, 2.45) is 11.8 Å². The van der Waals surface area contributed by atoms with Crippen molar-refractivity contribution in [3.63, 3.8) is 0 Å². The molecule has 2 saturated carbocycles. The Morgan fingerprint density at radius 3 is 1.27 bits per heavy atom. The van der Waals surface area contributed by atoms with E-state index >= 15 is 0 Å². The molecular weight excluding hydrogens is 184 g/mol. The van der Waals surface area contributed by atoms with E-state index in [0.29, 0.717) is 12.2 Å². The summed E-state index contributed by atoms with van der Waals surface area (Å²) in [6.07, 6.45) is 12.0. The molecule has 0 saturated heterocycles. The number of hydrogen-bond acceptors (Lipinski definition) is 1. The topological polar surface area (TPSA) is 9.23 Å². The van der Waals surface area contributed by atoms with Crippen LogP contribution in [0.15, 0.2) is 0 Å². The first-order valence-electron chi connectivity index (χ1n) is 6.89. The third-order valence-electron chi connectivity index (χ3n) is 4.31. The summed E-state index contributed by atoms with van der Waals surface area (Å²) in [5, 5.41) is 0. The first-order valence-corrected chi connectivity index (χ1v) is 6.89. The van der Waals surface area contributed by atoms with Gasteiger partial charge in [0.25, 0.3) is 0 Å². The minimum Gasteiger partial charge on any atom is -0.375 e. The molecule has 0 amide bonds. The molecule has 0 aromatic rings. The minimum absolute atomic E-state index is 0.597. The van der Waals surface area contributed by atoms with Crippen molar-refractivity contribution >= 4 is 0 Å². The van der Waals surface area contributed by atoms with Crippen LogP contribution in [0.4, 0.5) is 0 Å². The molecule has 0 bridgehead atoms. The number of hydrogen-bond donors (Lipinski definition) is 0. The van der Waals surface area contributed by atoms with E-state index in [9.17, 15) is 0 Å². The zero-order valence-electron chi connectivity index (χ0n) is 10.4. The van der Waals surface area contributed by atoms with E-state index in [4.69, 9.17) is 4.74 Å². The Labute approximate surface area is 94.6 Å². The lowest BCUT2D eigenvalue weighted by atomic mass is 9.87. The maximum atomic E-state index is 6.23. The van der Waals surface area contributed by atoms with Crippen molar-refractivity contribution in [2.75, 3.05) is 0 Å². The van der Waals surface area contributed by atoms with E-state index < -0.39 is 0 Å². The molecule has 0 N–H and O–H groups in total. The second-order valence-electron chi connectivity index (χ2n) is 5.90. The van der Waals surface area contributed by atoms with E-state index in [2.05, 4.69) is 13.8 Å². The predicted octanol–water partition coefficient (Wildman–Crippen LogP) is 4.16.